The predicted molar refractivity (Wildman–Crippen MR) is 312 cm³/mol. The van der Waals surface area contributed by atoms with Crippen molar-refractivity contribution in [3.05, 3.63) is 48.6 Å². The first-order valence-corrected chi connectivity index (χ1v) is 31.6. The Balaban J connectivity index is 4.05. The molecular formula is C66H120O6. The van der Waals surface area contributed by atoms with Crippen LogP contribution < -0.4 is 0 Å². The molecule has 0 saturated carbocycles. The Morgan fingerprint density at radius 2 is 0.542 bits per heavy atom. The molecule has 0 saturated heterocycles. The second kappa shape index (κ2) is 60.9. The maximum Gasteiger partial charge on any atom is 0.306 e. The predicted octanol–water partition coefficient (Wildman–Crippen LogP) is 21.4. The summed E-state index contributed by atoms with van der Waals surface area (Å²) in [7, 11) is 0. The maximum absolute atomic E-state index is 12.8. The first kappa shape index (κ1) is 69.4. The van der Waals surface area contributed by atoms with Crippen LogP contribution in [0.25, 0.3) is 0 Å². The van der Waals surface area contributed by atoms with Gasteiger partial charge in [-0.25, -0.2) is 0 Å². The van der Waals surface area contributed by atoms with E-state index in [1.807, 2.05) is 0 Å². The number of esters is 3. The van der Waals surface area contributed by atoms with Crippen molar-refractivity contribution in [1.82, 2.24) is 0 Å². The van der Waals surface area contributed by atoms with E-state index in [0.717, 1.165) is 83.5 Å². The summed E-state index contributed by atoms with van der Waals surface area (Å²) in [6, 6.07) is 0. The molecule has 0 rings (SSSR count). The van der Waals surface area contributed by atoms with Crippen molar-refractivity contribution in [2.45, 2.75) is 341 Å². The zero-order valence-electron chi connectivity index (χ0n) is 48.2. The molecule has 1 atom stereocenters. The van der Waals surface area contributed by atoms with Gasteiger partial charge in [0, 0.05) is 19.3 Å². The van der Waals surface area contributed by atoms with Gasteiger partial charge in [-0.1, -0.05) is 288 Å². The summed E-state index contributed by atoms with van der Waals surface area (Å²) in [6.45, 7) is 6.52. The van der Waals surface area contributed by atoms with Crippen LogP contribution in [0.5, 0.6) is 0 Å². The van der Waals surface area contributed by atoms with Gasteiger partial charge in [0.1, 0.15) is 13.2 Å². The maximum atomic E-state index is 12.8. The summed E-state index contributed by atoms with van der Waals surface area (Å²) in [6.07, 6.45) is 75.8. The van der Waals surface area contributed by atoms with Crippen molar-refractivity contribution in [1.29, 1.82) is 0 Å². The summed E-state index contributed by atoms with van der Waals surface area (Å²) in [5.41, 5.74) is 0. The van der Waals surface area contributed by atoms with Crippen LogP contribution in [0.4, 0.5) is 0 Å². The van der Waals surface area contributed by atoms with Crippen LogP contribution in [0.3, 0.4) is 0 Å². The smallest absolute Gasteiger partial charge is 0.306 e. The van der Waals surface area contributed by atoms with Crippen molar-refractivity contribution >= 4 is 17.9 Å². The Hall–Kier alpha value is -2.63. The van der Waals surface area contributed by atoms with Gasteiger partial charge < -0.3 is 14.2 Å². The molecule has 6 nitrogen and oxygen atoms in total. The quantitative estimate of drug-likeness (QED) is 0.0261. The number of ether oxygens (including phenoxy) is 3. The summed E-state index contributed by atoms with van der Waals surface area (Å²) >= 11 is 0. The molecule has 0 amide bonds. The Morgan fingerprint density at radius 1 is 0.292 bits per heavy atom. The van der Waals surface area contributed by atoms with E-state index in [4.69, 9.17) is 14.2 Å². The second-order valence-corrected chi connectivity index (χ2v) is 21.3. The number of rotatable bonds is 58. The lowest BCUT2D eigenvalue weighted by molar-refractivity contribution is -0.167. The van der Waals surface area contributed by atoms with Gasteiger partial charge in [0.25, 0.3) is 0 Å². The molecule has 0 fully saturated rings. The molecule has 0 aliphatic carbocycles. The van der Waals surface area contributed by atoms with E-state index in [9.17, 15) is 14.4 Å². The van der Waals surface area contributed by atoms with Gasteiger partial charge in [0.2, 0.25) is 0 Å². The topological polar surface area (TPSA) is 78.9 Å². The first-order valence-electron chi connectivity index (χ1n) is 31.6. The van der Waals surface area contributed by atoms with Crippen molar-refractivity contribution in [2.75, 3.05) is 13.2 Å². The third-order valence-electron chi connectivity index (χ3n) is 14.1. The largest absolute Gasteiger partial charge is 0.462 e. The lowest BCUT2D eigenvalue weighted by atomic mass is 10.0. The van der Waals surface area contributed by atoms with Gasteiger partial charge >= 0.3 is 17.9 Å². The molecule has 0 bridgehead atoms. The summed E-state index contributed by atoms with van der Waals surface area (Å²) in [4.78, 5) is 38.1. The lowest BCUT2D eigenvalue weighted by Crippen LogP contribution is -2.30. The molecule has 0 heterocycles. The number of carbonyl (C=O) groups is 3. The first-order chi connectivity index (χ1) is 35.5. The zero-order valence-corrected chi connectivity index (χ0v) is 48.2. The highest BCUT2D eigenvalue weighted by molar-refractivity contribution is 5.71. The fraction of sp³-hybridized carbons (Fsp3) is 0.833. The van der Waals surface area contributed by atoms with E-state index in [1.165, 1.54) is 212 Å². The molecule has 6 heteroatoms. The van der Waals surface area contributed by atoms with Gasteiger partial charge in [-0.3, -0.25) is 14.4 Å². The molecule has 0 aromatic heterocycles. The van der Waals surface area contributed by atoms with E-state index in [1.54, 1.807) is 0 Å². The second-order valence-electron chi connectivity index (χ2n) is 21.3. The summed E-state index contributed by atoms with van der Waals surface area (Å²) in [5.74, 6) is -0.897. The molecular weight excluding hydrogens is 889 g/mol. The number of carbonyl (C=O) groups excluding carboxylic acids is 3. The molecule has 72 heavy (non-hydrogen) atoms. The highest BCUT2D eigenvalue weighted by atomic mass is 16.6. The van der Waals surface area contributed by atoms with E-state index < -0.39 is 6.10 Å². The number of hydrogen-bond acceptors (Lipinski definition) is 6. The number of hydrogen-bond donors (Lipinski definition) is 0. The Morgan fingerprint density at radius 3 is 0.875 bits per heavy atom. The molecule has 0 N–H and O–H groups in total. The summed E-state index contributed by atoms with van der Waals surface area (Å²) in [5, 5.41) is 0. The SMILES string of the molecule is CC/C=C\C/C=C\C/C=C\CCCCCC(=O)OC(COC(=O)CCCCCCCCCCCC)COC(=O)CCCCCCCCCCCCCCCCCCCCC/C=C\CCCCCCCCCC. The molecule has 0 aliphatic heterocycles. The minimum atomic E-state index is -0.784. The molecule has 0 aromatic carbocycles. The summed E-state index contributed by atoms with van der Waals surface area (Å²) < 4.78 is 16.8. The van der Waals surface area contributed by atoms with Crippen LogP contribution in [0, 0.1) is 0 Å². The normalized spacial score (nSPS) is 12.3. The van der Waals surface area contributed by atoms with E-state index in [0.29, 0.717) is 19.3 Å². The van der Waals surface area contributed by atoms with Crippen LogP contribution in [-0.4, -0.2) is 37.2 Å². The fourth-order valence-corrected chi connectivity index (χ4v) is 9.34. The van der Waals surface area contributed by atoms with Crippen molar-refractivity contribution < 1.29 is 28.6 Å². The minimum absolute atomic E-state index is 0.0811. The van der Waals surface area contributed by atoms with Crippen molar-refractivity contribution in [3.63, 3.8) is 0 Å². The van der Waals surface area contributed by atoms with Crippen molar-refractivity contribution in [3.8, 4) is 0 Å². The van der Waals surface area contributed by atoms with Crippen LogP contribution in [0.15, 0.2) is 48.6 Å². The molecule has 0 aliphatic rings. The van der Waals surface area contributed by atoms with Crippen molar-refractivity contribution in [2.24, 2.45) is 0 Å². The molecule has 420 valence electrons. The molecule has 1 unspecified atom stereocenters. The monoisotopic (exact) mass is 1010 g/mol. The number of unbranched alkanes of at least 4 members (excludes halogenated alkanes) is 39. The van der Waals surface area contributed by atoms with E-state index >= 15 is 0 Å². The molecule has 0 spiro atoms. The van der Waals surface area contributed by atoms with Gasteiger partial charge in [-0.2, -0.15) is 0 Å². The van der Waals surface area contributed by atoms with Gasteiger partial charge in [0.05, 0.1) is 0 Å². The highest BCUT2D eigenvalue weighted by Crippen LogP contribution is 2.17. The average molecular weight is 1010 g/mol. The Labute approximate surface area is 448 Å². The third kappa shape index (κ3) is 58.3. The lowest BCUT2D eigenvalue weighted by Gasteiger charge is -2.18. The van der Waals surface area contributed by atoms with Gasteiger partial charge in [-0.05, 0) is 77.0 Å². The van der Waals surface area contributed by atoms with Crippen LogP contribution in [0.2, 0.25) is 0 Å². The Kier molecular flexibility index (Phi) is 58.7. The number of allylic oxidation sites excluding steroid dienone is 8. The molecule has 0 aromatic rings. The van der Waals surface area contributed by atoms with E-state index in [-0.39, 0.29) is 31.1 Å². The van der Waals surface area contributed by atoms with E-state index in [2.05, 4.69) is 69.4 Å². The highest BCUT2D eigenvalue weighted by Gasteiger charge is 2.19. The minimum Gasteiger partial charge on any atom is -0.462 e. The van der Waals surface area contributed by atoms with Crippen LogP contribution in [-0.2, 0) is 28.6 Å². The average Bonchev–Trinajstić information content (AvgIpc) is 3.38. The van der Waals surface area contributed by atoms with Gasteiger partial charge in [-0.15, -0.1) is 0 Å². The Bertz CT molecular complexity index is 1250. The standard InChI is InChI=1S/C66H120O6/c1-4-7-10-13-16-19-22-24-25-26-27-28-29-30-31-32-33-34-35-36-37-38-39-40-41-43-44-47-50-53-56-59-65(68)71-62-63(61-70-64(67)58-55-52-49-46-21-18-15-12-9-6-3)72-66(69)60-57-54-51-48-45-42-23-20-17-14-11-8-5-2/h8,11,17,20,26-27,42,45,63H,4-7,9-10,12-16,18-19,21-25,28-41,43-44,46-62H2,1-3H3/b11-8-,20-17-,27-26-,45-42-. The van der Waals surface area contributed by atoms with Gasteiger partial charge in [0.15, 0.2) is 6.10 Å². The zero-order chi connectivity index (χ0) is 52.2. The third-order valence-corrected chi connectivity index (χ3v) is 14.1. The van der Waals surface area contributed by atoms with Crippen LogP contribution in [0.1, 0.15) is 335 Å². The van der Waals surface area contributed by atoms with Crippen LogP contribution >= 0.6 is 0 Å². The fourth-order valence-electron chi connectivity index (χ4n) is 9.34. The molecule has 0 radical (unpaired) electrons.